The van der Waals surface area contributed by atoms with Crippen LogP contribution in [-0.4, -0.2) is 33.1 Å². The molecule has 0 unspecified atom stereocenters. The van der Waals surface area contributed by atoms with Crippen LogP contribution in [0.25, 0.3) is 5.52 Å². The molecule has 0 N–H and O–H groups in total. The minimum atomic E-state index is -0.463. The smallest absolute Gasteiger partial charge is 0.398 e. The molecule has 5 nitrogen and oxygen atoms in total. The summed E-state index contributed by atoms with van der Waals surface area (Å²) in [6, 6.07) is 5.82. The van der Waals surface area contributed by atoms with Crippen molar-refractivity contribution >= 4 is 18.2 Å². The van der Waals surface area contributed by atoms with Crippen molar-refractivity contribution in [2.24, 2.45) is 0 Å². The lowest BCUT2D eigenvalue weighted by atomic mass is 9.84. The molecule has 94 valence electrons. The summed E-state index contributed by atoms with van der Waals surface area (Å²) in [5.41, 5.74) is 0.926. The van der Waals surface area contributed by atoms with Crippen LogP contribution in [0.3, 0.4) is 0 Å². The molecule has 0 amide bonds. The van der Waals surface area contributed by atoms with Gasteiger partial charge in [0.2, 0.25) is 0 Å². The van der Waals surface area contributed by atoms with Gasteiger partial charge in [0.1, 0.15) is 5.59 Å². The molecule has 6 heteroatoms. The molecule has 0 spiro atoms. The van der Waals surface area contributed by atoms with Crippen molar-refractivity contribution in [2.45, 2.75) is 38.9 Å². The largest absolute Gasteiger partial charge is 0.518 e. The Morgan fingerprint density at radius 3 is 2.44 bits per heavy atom. The monoisotopic (exact) mass is 245 g/mol. The third kappa shape index (κ3) is 1.56. The summed E-state index contributed by atoms with van der Waals surface area (Å²) in [6.45, 7) is 8.11. The average Bonchev–Trinajstić information content (AvgIpc) is 2.78. The first-order valence-electron chi connectivity index (χ1n) is 6.06. The molecule has 2 aromatic heterocycles. The van der Waals surface area contributed by atoms with Crippen LogP contribution in [0.4, 0.5) is 0 Å². The van der Waals surface area contributed by atoms with Gasteiger partial charge in [-0.05, 0) is 39.8 Å². The number of pyridine rings is 1. The first-order chi connectivity index (χ1) is 8.41. The van der Waals surface area contributed by atoms with E-state index in [-0.39, 0.29) is 11.2 Å². The summed E-state index contributed by atoms with van der Waals surface area (Å²) in [5, 5.41) is 8.24. The molecule has 0 radical (unpaired) electrons. The van der Waals surface area contributed by atoms with E-state index in [9.17, 15) is 0 Å². The van der Waals surface area contributed by atoms with Crippen LogP contribution < -0.4 is 5.59 Å². The third-order valence-electron chi connectivity index (χ3n) is 3.83. The van der Waals surface area contributed by atoms with Crippen molar-refractivity contribution < 1.29 is 9.31 Å². The second-order valence-electron chi connectivity index (χ2n) is 5.59. The fraction of sp³-hybridized carbons (Fsp3) is 0.500. The lowest BCUT2D eigenvalue weighted by Gasteiger charge is -2.32. The standard InChI is InChI=1S/C12H16BN3O2/c1-11(2)12(3,4)18-13(17-11)10-9-7-5-6-8-16(9)15-14-10/h5-8H,1-4H3. The van der Waals surface area contributed by atoms with Gasteiger partial charge in [-0.1, -0.05) is 11.3 Å². The fourth-order valence-corrected chi connectivity index (χ4v) is 1.99. The normalized spacial score (nSPS) is 21.7. The second kappa shape index (κ2) is 3.55. The van der Waals surface area contributed by atoms with E-state index in [1.54, 1.807) is 4.52 Å². The topological polar surface area (TPSA) is 48.7 Å². The summed E-state index contributed by atoms with van der Waals surface area (Å²) in [6.07, 6.45) is 1.86. The zero-order valence-corrected chi connectivity index (χ0v) is 11.0. The minimum absolute atomic E-state index is 0.359. The van der Waals surface area contributed by atoms with Crippen LogP contribution in [0.2, 0.25) is 0 Å². The molecule has 0 atom stereocenters. The SMILES string of the molecule is CC1(C)OB(c2nnn3ccccc23)OC1(C)C. The molecule has 0 saturated carbocycles. The van der Waals surface area contributed by atoms with E-state index in [1.807, 2.05) is 52.1 Å². The quantitative estimate of drug-likeness (QED) is 0.704. The highest BCUT2D eigenvalue weighted by Crippen LogP contribution is 2.36. The number of hydrogen-bond acceptors (Lipinski definition) is 4. The fourth-order valence-electron chi connectivity index (χ4n) is 1.99. The Kier molecular flexibility index (Phi) is 2.31. The molecule has 18 heavy (non-hydrogen) atoms. The maximum Gasteiger partial charge on any atom is 0.518 e. The first kappa shape index (κ1) is 11.7. The van der Waals surface area contributed by atoms with Crippen molar-refractivity contribution in [3.63, 3.8) is 0 Å². The highest BCUT2D eigenvalue weighted by atomic mass is 16.7. The van der Waals surface area contributed by atoms with Crippen molar-refractivity contribution in [2.75, 3.05) is 0 Å². The van der Waals surface area contributed by atoms with Crippen molar-refractivity contribution in [1.29, 1.82) is 0 Å². The third-order valence-corrected chi connectivity index (χ3v) is 3.83. The molecular weight excluding hydrogens is 229 g/mol. The summed E-state index contributed by atoms with van der Waals surface area (Å²) in [7, 11) is -0.463. The van der Waals surface area contributed by atoms with Crippen LogP contribution >= 0.6 is 0 Å². The van der Waals surface area contributed by atoms with E-state index in [4.69, 9.17) is 9.31 Å². The Balaban J connectivity index is 2.03. The predicted molar refractivity (Wildman–Crippen MR) is 68.7 cm³/mol. The van der Waals surface area contributed by atoms with E-state index in [2.05, 4.69) is 10.3 Å². The first-order valence-corrected chi connectivity index (χ1v) is 6.06. The highest BCUT2D eigenvalue weighted by molar-refractivity contribution is 6.63. The van der Waals surface area contributed by atoms with E-state index in [0.29, 0.717) is 0 Å². The Morgan fingerprint density at radius 1 is 1.11 bits per heavy atom. The Morgan fingerprint density at radius 2 is 1.78 bits per heavy atom. The van der Waals surface area contributed by atoms with Crippen LogP contribution in [0.15, 0.2) is 24.4 Å². The lowest BCUT2D eigenvalue weighted by molar-refractivity contribution is 0.00578. The molecule has 0 aliphatic carbocycles. The van der Waals surface area contributed by atoms with Gasteiger partial charge in [0.05, 0.1) is 16.7 Å². The number of fused-ring (bicyclic) bond motifs is 1. The summed E-state index contributed by atoms with van der Waals surface area (Å²) >= 11 is 0. The lowest BCUT2D eigenvalue weighted by Crippen LogP contribution is -2.41. The van der Waals surface area contributed by atoms with Gasteiger partial charge in [0.15, 0.2) is 0 Å². The summed E-state index contributed by atoms with van der Waals surface area (Å²) in [4.78, 5) is 0. The van der Waals surface area contributed by atoms with Crippen LogP contribution in [0, 0.1) is 0 Å². The molecule has 0 aromatic carbocycles. The molecule has 1 fully saturated rings. The molecule has 3 rings (SSSR count). The summed E-state index contributed by atoms with van der Waals surface area (Å²) in [5.74, 6) is 0. The van der Waals surface area contributed by atoms with Gasteiger partial charge in [0.25, 0.3) is 0 Å². The van der Waals surface area contributed by atoms with Gasteiger partial charge >= 0.3 is 7.12 Å². The minimum Gasteiger partial charge on any atom is -0.398 e. The predicted octanol–water partition coefficient (Wildman–Crippen LogP) is 1.03. The van der Waals surface area contributed by atoms with Crippen molar-refractivity contribution in [1.82, 2.24) is 14.8 Å². The van der Waals surface area contributed by atoms with E-state index in [0.717, 1.165) is 11.1 Å². The molecule has 1 saturated heterocycles. The van der Waals surface area contributed by atoms with Crippen LogP contribution in [-0.2, 0) is 9.31 Å². The van der Waals surface area contributed by atoms with Crippen LogP contribution in [0.5, 0.6) is 0 Å². The van der Waals surface area contributed by atoms with Gasteiger partial charge in [-0.3, -0.25) is 0 Å². The highest BCUT2D eigenvalue weighted by Gasteiger charge is 2.53. The van der Waals surface area contributed by atoms with Crippen LogP contribution in [0.1, 0.15) is 27.7 Å². The van der Waals surface area contributed by atoms with E-state index in [1.165, 1.54) is 0 Å². The molecule has 1 aliphatic heterocycles. The zero-order chi connectivity index (χ0) is 13.0. The van der Waals surface area contributed by atoms with Gasteiger partial charge in [-0.15, -0.1) is 5.10 Å². The van der Waals surface area contributed by atoms with Gasteiger partial charge in [-0.25, -0.2) is 4.52 Å². The molecule has 2 aromatic rings. The van der Waals surface area contributed by atoms with E-state index >= 15 is 0 Å². The molecular formula is C12H16BN3O2. The maximum absolute atomic E-state index is 5.98. The van der Waals surface area contributed by atoms with E-state index < -0.39 is 7.12 Å². The molecule has 1 aliphatic rings. The number of nitrogens with zero attached hydrogens (tertiary/aromatic N) is 3. The van der Waals surface area contributed by atoms with Gasteiger partial charge < -0.3 is 9.31 Å². The Hall–Kier alpha value is -1.40. The van der Waals surface area contributed by atoms with Gasteiger partial charge in [0, 0.05) is 6.20 Å². The average molecular weight is 245 g/mol. The second-order valence-corrected chi connectivity index (χ2v) is 5.59. The molecule has 3 heterocycles. The number of aromatic nitrogens is 3. The maximum atomic E-state index is 5.98. The number of rotatable bonds is 1. The Labute approximate surface area is 106 Å². The summed E-state index contributed by atoms with van der Waals surface area (Å²) < 4.78 is 13.7. The zero-order valence-electron chi connectivity index (χ0n) is 11.0. The molecule has 0 bridgehead atoms. The van der Waals surface area contributed by atoms with Crippen molar-refractivity contribution in [3.8, 4) is 0 Å². The number of hydrogen-bond donors (Lipinski definition) is 0. The van der Waals surface area contributed by atoms with Crippen molar-refractivity contribution in [3.05, 3.63) is 24.4 Å². The Bertz CT molecular complexity index is 578. The van der Waals surface area contributed by atoms with Gasteiger partial charge in [-0.2, -0.15) is 0 Å².